The second-order valence-electron chi connectivity index (χ2n) is 5.40. The van der Waals surface area contributed by atoms with Crippen LogP contribution >= 0.6 is 23.2 Å². The van der Waals surface area contributed by atoms with Crippen molar-refractivity contribution in [1.82, 2.24) is 20.4 Å². The number of H-pyrrole nitrogens is 1. The molecule has 2 aromatic heterocycles. The van der Waals surface area contributed by atoms with Crippen LogP contribution in [0.5, 0.6) is 0 Å². The van der Waals surface area contributed by atoms with Crippen LogP contribution in [0.25, 0.3) is 10.9 Å². The molecule has 1 unspecified atom stereocenters. The van der Waals surface area contributed by atoms with E-state index in [1.54, 1.807) is 30.5 Å². The smallest absolute Gasteiger partial charge is 0.154 e. The minimum absolute atomic E-state index is 0.148. The van der Waals surface area contributed by atoms with Gasteiger partial charge in [-0.1, -0.05) is 42.3 Å². The van der Waals surface area contributed by atoms with E-state index in [9.17, 15) is 5.11 Å². The van der Waals surface area contributed by atoms with Crippen molar-refractivity contribution in [3.05, 3.63) is 51.9 Å². The number of pyridine rings is 1. The number of benzene rings is 1. The van der Waals surface area contributed by atoms with Gasteiger partial charge in [0, 0.05) is 11.6 Å². The summed E-state index contributed by atoms with van der Waals surface area (Å²) < 4.78 is 0. The highest BCUT2D eigenvalue weighted by Gasteiger charge is 2.39. The minimum Gasteiger partial charge on any atom is -0.377 e. The molecular formula is C15H14Cl2N4O. The third-order valence-corrected chi connectivity index (χ3v) is 4.61. The number of aromatic nitrogens is 4. The van der Waals surface area contributed by atoms with Gasteiger partial charge in [-0.05, 0) is 30.2 Å². The molecule has 2 N–H and O–H groups in total. The third kappa shape index (κ3) is 2.26. The number of aromatic amines is 1. The molecule has 2 heterocycles. The van der Waals surface area contributed by atoms with Crippen molar-refractivity contribution in [2.24, 2.45) is 5.92 Å². The molecule has 0 bridgehead atoms. The molecule has 3 aromatic rings. The molecule has 0 saturated heterocycles. The van der Waals surface area contributed by atoms with Gasteiger partial charge < -0.3 is 5.11 Å². The molecule has 7 heteroatoms. The first-order valence-electron chi connectivity index (χ1n) is 6.79. The topological polar surface area (TPSA) is 74.7 Å². The maximum atomic E-state index is 11.2. The Morgan fingerprint density at radius 2 is 1.91 bits per heavy atom. The summed E-state index contributed by atoms with van der Waals surface area (Å²) in [6.07, 6.45) is 1.57. The van der Waals surface area contributed by atoms with Crippen molar-refractivity contribution in [2.75, 3.05) is 0 Å². The Hall–Kier alpha value is -1.69. The van der Waals surface area contributed by atoms with Gasteiger partial charge in [0.2, 0.25) is 0 Å². The Morgan fingerprint density at radius 1 is 1.14 bits per heavy atom. The molecule has 3 rings (SSSR count). The average molecular weight is 337 g/mol. The van der Waals surface area contributed by atoms with Crippen molar-refractivity contribution in [1.29, 1.82) is 0 Å². The van der Waals surface area contributed by atoms with Crippen molar-refractivity contribution in [2.45, 2.75) is 19.4 Å². The molecule has 0 saturated carbocycles. The summed E-state index contributed by atoms with van der Waals surface area (Å²) in [4.78, 5) is 4.55. The van der Waals surface area contributed by atoms with Crippen LogP contribution in [0.4, 0.5) is 0 Å². The highest BCUT2D eigenvalue weighted by molar-refractivity contribution is 6.45. The molecule has 0 amide bonds. The summed E-state index contributed by atoms with van der Waals surface area (Å²) in [5.74, 6) is -0.148. The lowest BCUT2D eigenvalue weighted by atomic mass is 9.84. The summed E-state index contributed by atoms with van der Waals surface area (Å²) in [7, 11) is 0. The molecule has 1 aromatic carbocycles. The van der Waals surface area contributed by atoms with E-state index in [-0.39, 0.29) is 5.92 Å². The van der Waals surface area contributed by atoms with E-state index in [2.05, 4.69) is 20.4 Å². The molecule has 0 aliphatic heterocycles. The van der Waals surface area contributed by atoms with E-state index >= 15 is 0 Å². The van der Waals surface area contributed by atoms with E-state index in [1.807, 2.05) is 13.8 Å². The van der Waals surface area contributed by atoms with Crippen LogP contribution in [0.1, 0.15) is 25.2 Å². The molecule has 114 valence electrons. The average Bonchev–Trinajstić information content (AvgIpc) is 3.04. The summed E-state index contributed by atoms with van der Waals surface area (Å²) in [5.41, 5.74) is 0.235. The molecular weight excluding hydrogens is 323 g/mol. The van der Waals surface area contributed by atoms with Gasteiger partial charge in [0.25, 0.3) is 0 Å². The fraction of sp³-hybridized carbons (Fsp3) is 0.267. The van der Waals surface area contributed by atoms with Crippen molar-refractivity contribution < 1.29 is 5.11 Å². The summed E-state index contributed by atoms with van der Waals surface area (Å²) in [6, 6.07) is 7.00. The Kier molecular flexibility index (Phi) is 3.80. The van der Waals surface area contributed by atoms with E-state index in [1.165, 1.54) is 0 Å². The number of aliphatic hydroxyl groups is 1. The van der Waals surface area contributed by atoms with Gasteiger partial charge in [0.15, 0.2) is 5.60 Å². The van der Waals surface area contributed by atoms with Crippen LogP contribution in [-0.4, -0.2) is 25.5 Å². The van der Waals surface area contributed by atoms with Gasteiger partial charge in [-0.2, -0.15) is 0 Å². The first kappa shape index (κ1) is 15.2. The zero-order valence-corrected chi connectivity index (χ0v) is 13.5. The molecule has 0 aliphatic rings. The highest BCUT2D eigenvalue weighted by Crippen LogP contribution is 2.36. The Balaban J connectivity index is 2.22. The van der Waals surface area contributed by atoms with Crippen LogP contribution in [0.2, 0.25) is 10.0 Å². The number of hydrogen-bond acceptors (Lipinski definition) is 4. The van der Waals surface area contributed by atoms with Crippen molar-refractivity contribution >= 4 is 34.1 Å². The van der Waals surface area contributed by atoms with Crippen LogP contribution in [-0.2, 0) is 5.60 Å². The maximum absolute atomic E-state index is 11.2. The standard InChI is InChI=1S/C15H14Cl2N4O/c1-8(2)15(22,13-7-18-21-20-13)12-6-3-9-11(19-12)5-4-10(16)14(9)17/h3-8,22H,1-2H3,(H,18,20,21). The van der Waals surface area contributed by atoms with E-state index in [0.29, 0.717) is 26.9 Å². The third-order valence-electron chi connectivity index (χ3n) is 3.79. The SMILES string of the molecule is CC(C)C(O)(c1c[nH]nn1)c1ccc2c(Cl)c(Cl)ccc2n1. The normalized spacial score (nSPS) is 14.5. The first-order chi connectivity index (χ1) is 10.4. The predicted octanol–water partition coefficient (Wildman–Crippen LogP) is 3.55. The summed E-state index contributed by atoms with van der Waals surface area (Å²) >= 11 is 12.2. The van der Waals surface area contributed by atoms with Gasteiger partial charge in [-0.15, -0.1) is 5.10 Å². The predicted molar refractivity (Wildman–Crippen MR) is 86.0 cm³/mol. The van der Waals surface area contributed by atoms with Gasteiger partial charge in [0.05, 0.1) is 21.3 Å². The fourth-order valence-corrected chi connectivity index (χ4v) is 2.85. The zero-order chi connectivity index (χ0) is 15.9. The van der Waals surface area contributed by atoms with Gasteiger partial charge in [-0.25, -0.2) is 4.98 Å². The zero-order valence-electron chi connectivity index (χ0n) is 12.0. The van der Waals surface area contributed by atoms with Gasteiger partial charge in [0.1, 0.15) is 5.69 Å². The lowest BCUT2D eigenvalue weighted by molar-refractivity contribution is 0.0235. The van der Waals surface area contributed by atoms with Crippen LogP contribution in [0, 0.1) is 5.92 Å². The minimum atomic E-state index is -1.34. The number of fused-ring (bicyclic) bond motifs is 1. The second-order valence-corrected chi connectivity index (χ2v) is 6.19. The van der Waals surface area contributed by atoms with E-state index < -0.39 is 5.60 Å². The van der Waals surface area contributed by atoms with E-state index in [0.717, 1.165) is 5.39 Å². The molecule has 22 heavy (non-hydrogen) atoms. The maximum Gasteiger partial charge on any atom is 0.154 e. The molecule has 1 atom stereocenters. The number of halogens is 2. The number of nitrogens with one attached hydrogen (secondary N) is 1. The molecule has 0 radical (unpaired) electrons. The lowest BCUT2D eigenvalue weighted by Crippen LogP contribution is -2.35. The second kappa shape index (κ2) is 5.50. The lowest BCUT2D eigenvalue weighted by Gasteiger charge is -2.29. The highest BCUT2D eigenvalue weighted by atomic mass is 35.5. The van der Waals surface area contributed by atoms with Crippen LogP contribution in [0.15, 0.2) is 30.5 Å². The molecule has 0 spiro atoms. The Morgan fingerprint density at radius 3 is 2.55 bits per heavy atom. The first-order valence-corrected chi connectivity index (χ1v) is 7.54. The van der Waals surface area contributed by atoms with Crippen molar-refractivity contribution in [3.8, 4) is 0 Å². The number of rotatable bonds is 3. The molecule has 0 aliphatic carbocycles. The van der Waals surface area contributed by atoms with Gasteiger partial charge >= 0.3 is 0 Å². The Labute approximate surface area is 137 Å². The molecule has 0 fully saturated rings. The molecule has 5 nitrogen and oxygen atoms in total. The van der Waals surface area contributed by atoms with E-state index in [4.69, 9.17) is 23.2 Å². The number of nitrogens with zero attached hydrogens (tertiary/aromatic N) is 3. The van der Waals surface area contributed by atoms with Gasteiger partial charge in [-0.3, -0.25) is 5.10 Å². The quantitative estimate of drug-likeness (QED) is 0.766. The largest absolute Gasteiger partial charge is 0.377 e. The van der Waals surface area contributed by atoms with Crippen molar-refractivity contribution in [3.63, 3.8) is 0 Å². The monoisotopic (exact) mass is 336 g/mol. The fourth-order valence-electron chi connectivity index (χ4n) is 2.46. The Bertz CT molecular complexity index is 820. The number of hydrogen-bond donors (Lipinski definition) is 2. The summed E-state index contributed by atoms with van der Waals surface area (Å²) in [6.45, 7) is 3.80. The summed E-state index contributed by atoms with van der Waals surface area (Å²) in [5, 5.41) is 23.1. The van der Waals surface area contributed by atoms with Crippen LogP contribution in [0.3, 0.4) is 0 Å². The van der Waals surface area contributed by atoms with Crippen LogP contribution < -0.4 is 0 Å².